The Labute approximate surface area is 109 Å². The van der Waals surface area contributed by atoms with Gasteiger partial charge in [0.25, 0.3) is 0 Å². The fourth-order valence-electron chi connectivity index (χ4n) is 2.00. The second kappa shape index (κ2) is 6.03. The van der Waals surface area contributed by atoms with Gasteiger partial charge in [-0.05, 0) is 46.6 Å². The average Bonchev–Trinajstić information content (AvgIpc) is 2.27. The zero-order chi connectivity index (χ0) is 13.8. The van der Waals surface area contributed by atoms with Crippen LogP contribution < -0.4 is 0 Å². The summed E-state index contributed by atoms with van der Waals surface area (Å²) in [6.45, 7) is 8.50. The lowest BCUT2D eigenvalue weighted by Gasteiger charge is -2.33. The first-order valence-corrected chi connectivity index (χ1v) is 6.48. The van der Waals surface area contributed by atoms with Crippen LogP contribution in [0.1, 0.15) is 40.5 Å². The van der Waals surface area contributed by atoms with Crippen molar-refractivity contribution in [1.82, 2.24) is 4.90 Å². The van der Waals surface area contributed by atoms with Crippen LogP contribution in [0.25, 0.3) is 0 Å². The minimum Gasteiger partial charge on any atom is -0.444 e. The van der Waals surface area contributed by atoms with Crippen LogP contribution in [0.4, 0.5) is 4.79 Å². The van der Waals surface area contributed by atoms with Crippen LogP contribution >= 0.6 is 0 Å². The third-order valence-corrected chi connectivity index (χ3v) is 2.81. The van der Waals surface area contributed by atoms with Crippen molar-refractivity contribution in [3.05, 3.63) is 12.2 Å². The number of carbonyl (C=O) groups is 2. The van der Waals surface area contributed by atoms with Crippen molar-refractivity contribution in [2.45, 2.75) is 46.1 Å². The first kappa shape index (κ1) is 14.7. The first-order valence-electron chi connectivity index (χ1n) is 6.48. The van der Waals surface area contributed by atoms with E-state index >= 15 is 0 Å². The summed E-state index contributed by atoms with van der Waals surface area (Å²) in [6, 6.07) is 0. The number of hydrogen-bond donors (Lipinski definition) is 0. The van der Waals surface area contributed by atoms with E-state index < -0.39 is 5.60 Å². The largest absolute Gasteiger partial charge is 0.444 e. The van der Waals surface area contributed by atoms with Crippen molar-refractivity contribution in [1.29, 1.82) is 0 Å². The highest BCUT2D eigenvalue weighted by Crippen LogP contribution is 2.20. The Hall–Kier alpha value is -1.32. The molecule has 0 saturated carbocycles. The van der Waals surface area contributed by atoms with Gasteiger partial charge in [0.1, 0.15) is 5.60 Å². The average molecular weight is 253 g/mol. The number of ether oxygens (including phenoxy) is 1. The Kier molecular flexibility index (Phi) is 4.93. The van der Waals surface area contributed by atoms with Crippen LogP contribution in [0.3, 0.4) is 0 Å². The van der Waals surface area contributed by atoms with Gasteiger partial charge in [0.2, 0.25) is 0 Å². The van der Waals surface area contributed by atoms with Crippen LogP contribution in [0.2, 0.25) is 0 Å². The summed E-state index contributed by atoms with van der Waals surface area (Å²) in [5, 5.41) is 0. The van der Waals surface area contributed by atoms with Gasteiger partial charge in [-0.25, -0.2) is 4.79 Å². The monoisotopic (exact) mass is 253 g/mol. The van der Waals surface area contributed by atoms with Gasteiger partial charge in [0.15, 0.2) is 5.78 Å². The molecule has 0 aromatic heterocycles. The SMILES string of the molecule is C/C=C/C(=O)C1CCCN(C(=O)OC(C)(C)C)C1. The normalized spacial score (nSPS) is 21.1. The summed E-state index contributed by atoms with van der Waals surface area (Å²) in [5.41, 5.74) is -0.489. The highest BCUT2D eigenvalue weighted by molar-refractivity contribution is 5.92. The summed E-state index contributed by atoms with van der Waals surface area (Å²) in [7, 11) is 0. The van der Waals surface area contributed by atoms with Gasteiger partial charge < -0.3 is 9.64 Å². The third kappa shape index (κ3) is 4.51. The van der Waals surface area contributed by atoms with Crippen LogP contribution in [0, 0.1) is 5.92 Å². The lowest BCUT2D eigenvalue weighted by molar-refractivity contribution is -0.119. The quantitative estimate of drug-likeness (QED) is 0.711. The number of amides is 1. The maximum Gasteiger partial charge on any atom is 0.410 e. The van der Waals surface area contributed by atoms with Gasteiger partial charge in [-0.15, -0.1) is 0 Å². The fourth-order valence-corrected chi connectivity index (χ4v) is 2.00. The highest BCUT2D eigenvalue weighted by atomic mass is 16.6. The molecule has 1 fully saturated rings. The van der Waals surface area contributed by atoms with Crippen molar-refractivity contribution in [2.24, 2.45) is 5.92 Å². The zero-order valence-electron chi connectivity index (χ0n) is 11.7. The second-order valence-electron chi connectivity index (χ2n) is 5.67. The van der Waals surface area contributed by atoms with E-state index in [1.54, 1.807) is 17.1 Å². The standard InChI is InChI=1S/C14H23NO3/c1-5-7-12(16)11-8-6-9-15(10-11)13(17)18-14(2,3)4/h5,7,11H,6,8-10H2,1-4H3/b7-5+. The molecule has 1 aliphatic heterocycles. The van der Waals surface area contributed by atoms with E-state index in [0.717, 1.165) is 12.8 Å². The molecule has 1 saturated heterocycles. The number of piperidine rings is 1. The van der Waals surface area contributed by atoms with Crippen LogP contribution in [0.5, 0.6) is 0 Å². The summed E-state index contributed by atoms with van der Waals surface area (Å²) in [6.07, 6.45) is 4.72. The number of ketones is 1. The molecular weight excluding hydrogens is 230 g/mol. The Morgan fingerprint density at radius 2 is 2.00 bits per heavy atom. The van der Waals surface area contributed by atoms with Crippen molar-refractivity contribution in [3.63, 3.8) is 0 Å². The number of likely N-dealkylation sites (tertiary alicyclic amines) is 1. The van der Waals surface area contributed by atoms with Crippen molar-refractivity contribution >= 4 is 11.9 Å². The topological polar surface area (TPSA) is 46.6 Å². The Morgan fingerprint density at radius 1 is 1.33 bits per heavy atom. The summed E-state index contributed by atoms with van der Waals surface area (Å²) in [4.78, 5) is 25.3. The predicted molar refractivity (Wildman–Crippen MR) is 70.4 cm³/mol. The first-order chi connectivity index (χ1) is 8.33. The molecule has 1 unspecified atom stereocenters. The highest BCUT2D eigenvalue weighted by Gasteiger charge is 2.29. The Morgan fingerprint density at radius 3 is 2.56 bits per heavy atom. The van der Waals surface area contributed by atoms with E-state index in [1.807, 2.05) is 27.7 Å². The molecule has 0 aliphatic carbocycles. The number of allylic oxidation sites excluding steroid dienone is 2. The number of carbonyl (C=O) groups excluding carboxylic acids is 2. The molecular formula is C14H23NO3. The van der Waals surface area contributed by atoms with Gasteiger partial charge in [0, 0.05) is 19.0 Å². The summed E-state index contributed by atoms with van der Waals surface area (Å²) in [5.74, 6) is 0.0215. The van der Waals surface area contributed by atoms with Crippen molar-refractivity contribution < 1.29 is 14.3 Å². The Balaban J connectivity index is 2.58. The predicted octanol–water partition coefficient (Wildman–Crippen LogP) is 2.78. The molecule has 0 bridgehead atoms. The fraction of sp³-hybridized carbons (Fsp3) is 0.714. The van der Waals surface area contributed by atoms with E-state index in [9.17, 15) is 9.59 Å². The molecule has 4 nitrogen and oxygen atoms in total. The Bertz CT molecular complexity index is 341. The molecule has 102 valence electrons. The minimum absolute atomic E-state index is 0.0810. The van der Waals surface area contributed by atoms with E-state index in [-0.39, 0.29) is 17.8 Å². The van der Waals surface area contributed by atoms with Crippen molar-refractivity contribution in [3.8, 4) is 0 Å². The number of nitrogens with zero attached hydrogens (tertiary/aromatic N) is 1. The van der Waals surface area contributed by atoms with Gasteiger partial charge >= 0.3 is 6.09 Å². The van der Waals surface area contributed by atoms with Gasteiger partial charge in [-0.3, -0.25) is 4.79 Å². The van der Waals surface area contributed by atoms with Gasteiger partial charge in [0.05, 0.1) is 0 Å². The molecule has 0 radical (unpaired) electrons. The molecule has 1 amide bonds. The van der Waals surface area contributed by atoms with E-state index in [0.29, 0.717) is 13.1 Å². The van der Waals surface area contributed by atoms with Crippen LogP contribution in [-0.2, 0) is 9.53 Å². The van der Waals surface area contributed by atoms with Crippen molar-refractivity contribution in [2.75, 3.05) is 13.1 Å². The molecule has 1 atom stereocenters. The zero-order valence-corrected chi connectivity index (χ0v) is 11.7. The van der Waals surface area contributed by atoms with Crippen LogP contribution in [0.15, 0.2) is 12.2 Å². The third-order valence-electron chi connectivity index (χ3n) is 2.81. The molecule has 0 aromatic rings. The minimum atomic E-state index is -0.489. The lowest BCUT2D eigenvalue weighted by Crippen LogP contribution is -2.44. The maximum atomic E-state index is 11.9. The van der Waals surface area contributed by atoms with Gasteiger partial charge in [-0.1, -0.05) is 6.08 Å². The second-order valence-corrected chi connectivity index (χ2v) is 5.67. The molecule has 1 aliphatic rings. The molecule has 4 heteroatoms. The van der Waals surface area contributed by atoms with E-state index in [1.165, 1.54) is 0 Å². The lowest BCUT2D eigenvalue weighted by atomic mass is 9.94. The summed E-state index contributed by atoms with van der Waals surface area (Å²) >= 11 is 0. The molecule has 1 heterocycles. The van der Waals surface area contributed by atoms with E-state index in [2.05, 4.69) is 0 Å². The smallest absolute Gasteiger partial charge is 0.410 e. The summed E-state index contributed by atoms with van der Waals surface area (Å²) < 4.78 is 5.32. The van der Waals surface area contributed by atoms with Crippen LogP contribution in [-0.4, -0.2) is 35.5 Å². The van der Waals surface area contributed by atoms with E-state index in [4.69, 9.17) is 4.74 Å². The number of rotatable bonds is 2. The maximum absolute atomic E-state index is 11.9. The molecule has 0 N–H and O–H groups in total. The molecule has 1 rings (SSSR count). The molecule has 18 heavy (non-hydrogen) atoms. The molecule has 0 aromatic carbocycles. The molecule has 0 spiro atoms. The van der Waals surface area contributed by atoms with Gasteiger partial charge in [-0.2, -0.15) is 0 Å². The number of hydrogen-bond acceptors (Lipinski definition) is 3.